The fourth-order valence-electron chi connectivity index (χ4n) is 1.95. The lowest BCUT2D eigenvalue weighted by Gasteiger charge is -2.30. The molecule has 1 rings (SSSR count). The molecule has 1 saturated heterocycles. The van der Waals surface area contributed by atoms with Crippen LogP contribution in [0.3, 0.4) is 0 Å². The molecule has 1 aliphatic rings. The van der Waals surface area contributed by atoms with Crippen molar-refractivity contribution in [2.24, 2.45) is 11.8 Å². The second-order valence-corrected chi connectivity index (χ2v) is 3.97. The molecular formula is C9H16ClNO2. The largest absolute Gasteiger partial charge is 0.481 e. The number of carbonyl (C=O) groups is 1. The van der Waals surface area contributed by atoms with Gasteiger partial charge in [0.25, 0.3) is 0 Å². The van der Waals surface area contributed by atoms with Gasteiger partial charge in [-0.2, -0.15) is 0 Å². The summed E-state index contributed by atoms with van der Waals surface area (Å²) in [4.78, 5) is 10.6. The highest BCUT2D eigenvalue weighted by Gasteiger charge is 2.26. The van der Waals surface area contributed by atoms with E-state index < -0.39 is 5.97 Å². The van der Waals surface area contributed by atoms with Gasteiger partial charge in [0.15, 0.2) is 0 Å². The van der Waals surface area contributed by atoms with E-state index in [2.05, 4.69) is 5.32 Å². The van der Waals surface area contributed by atoms with E-state index in [0.29, 0.717) is 24.1 Å². The highest BCUT2D eigenvalue weighted by atomic mass is 35.5. The first-order valence-corrected chi connectivity index (χ1v) is 5.26. The Kier molecular flexibility index (Phi) is 4.53. The topological polar surface area (TPSA) is 49.3 Å². The summed E-state index contributed by atoms with van der Waals surface area (Å²) in [7, 11) is 0. The lowest BCUT2D eigenvalue weighted by atomic mass is 9.82. The van der Waals surface area contributed by atoms with Crippen molar-refractivity contribution < 1.29 is 9.90 Å². The number of piperidine rings is 1. The molecule has 0 aromatic carbocycles. The normalized spacial score (nSPS) is 28.7. The fourth-order valence-corrected chi connectivity index (χ4v) is 2.23. The van der Waals surface area contributed by atoms with E-state index in [1.165, 1.54) is 0 Å². The summed E-state index contributed by atoms with van der Waals surface area (Å²) >= 11 is 5.66. The Bertz CT molecular complexity index is 173. The maximum atomic E-state index is 10.6. The molecule has 1 fully saturated rings. The standard InChI is InChI=1S/C9H16ClNO2/c10-3-1-8-6-11-4-2-7(8)5-9(12)13/h7-8,11H,1-6H2,(H,12,13). The van der Waals surface area contributed by atoms with Gasteiger partial charge in [-0.1, -0.05) is 0 Å². The molecule has 0 aliphatic carbocycles. The number of alkyl halides is 1. The van der Waals surface area contributed by atoms with E-state index in [9.17, 15) is 4.79 Å². The van der Waals surface area contributed by atoms with Crippen molar-refractivity contribution in [1.29, 1.82) is 0 Å². The minimum Gasteiger partial charge on any atom is -0.481 e. The number of hydrogen-bond acceptors (Lipinski definition) is 2. The van der Waals surface area contributed by atoms with E-state index in [-0.39, 0.29) is 0 Å². The van der Waals surface area contributed by atoms with Crippen molar-refractivity contribution in [1.82, 2.24) is 5.32 Å². The van der Waals surface area contributed by atoms with Crippen LogP contribution in [0.25, 0.3) is 0 Å². The Morgan fingerprint density at radius 3 is 2.92 bits per heavy atom. The average molecular weight is 206 g/mol. The molecule has 2 atom stereocenters. The molecule has 3 nitrogen and oxygen atoms in total. The summed E-state index contributed by atoms with van der Waals surface area (Å²) in [6.07, 6.45) is 2.18. The number of hydrogen-bond donors (Lipinski definition) is 2. The number of aliphatic carboxylic acids is 1. The van der Waals surface area contributed by atoms with Crippen LogP contribution in [0.15, 0.2) is 0 Å². The number of nitrogens with one attached hydrogen (secondary N) is 1. The highest BCUT2D eigenvalue weighted by molar-refractivity contribution is 6.17. The van der Waals surface area contributed by atoms with E-state index in [1.807, 2.05) is 0 Å². The van der Waals surface area contributed by atoms with Crippen molar-refractivity contribution in [3.05, 3.63) is 0 Å². The Morgan fingerprint density at radius 2 is 2.31 bits per heavy atom. The van der Waals surface area contributed by atoms with E-state index in [0.717, 1.165) is 25.9 Å². The molecule has 0 amide bonds. The summed E-state index contributed by atoms with van der Waals surface area (Å²) in [6, 6.07) is 0. The summed E-state index contributed by atoms with van der Waals surface area (Å²) in [5.74, 6) is 0.703. The molecule has 2 unspecified atom stereocenters. The zero-order chi connectivity index (χ0) is 9.68. The minimum atomic E-state index is -0.688. The van der Waals surface area contributed by atoms with Crippen molar-refractivity contribution in [3.63, 3.8) is 0 Å². The van der Waals surface area contributed by atoms with Gasteiger partial charge in [0, 0.05) is 12.3 Å². The van der Waals surface area contributed by atoms with E-state index in [4.69, 9.17) is 16.7 Å². The van der Waals surface area contributed by atoms with Gasteiger partial charge in [0.1, 0.15) is 0 Å². The van der Waals surface area contributed by atoms with Crippen molar-refractivity contribution >= 4 is 17.6 Å². The van der Waals surface area contributed by atoms with Gasteiger partial charge >= 0.3 is 5.97 Å². The van der Waals surface area contributed by atoms with Gasteiger partial charge in [0.05, 0.1) is 0 Å². The third kappa shape index (κ3) is 3.53. The van der Waals surface area contributed by atoms with Crippen LogP contribution < -0.4 is 5.32 Å². The van der Waals surface area contributed by atoms with Crippen LogP contribution in [-0.4, -0.2) is 30.0 Å². The van der Waals surface area contributed by atoms with Crippen molar-refractivity contribution in [2.45, 2.75) is 19.3 Å². The molecule has 4 heteroatoms. The van der Waals surface area contributed by atoms with Crippen molar-refractivity contribution in [2.75, 3.05) is 19.0 Å². The molecule has 0 aromatic rings. The van der Waals surface area contributed by atoms with Crippen LogP contribution in [0.5, 0.6) is 0 Å². The number of rotatable bonds is 4. The second-order valence-electron chi connectivity index (χ2n) is 3.59. The maximum absolute atomic E-state index is 10.6. The summed E-state index contributed by atoms with van der Waals surface area (Å²) in [5, 5.41) is 12.0. The van der Waals surface area contributed by atoms with Crippen LogP contribution in [0.1, 0.15) is 19.3 Å². The summed E-state index contributed by atoms with van der Waals surface area (Å²) in [6.45, 7) is 1.86. The van der Waals surface area contributed by atoms with Gasteiger partial charge in [-0.15, -0.1) is 11.6 Å². The molecule has 0 bridgehead atoms. The Balaban J connectivity index is 2.41. The number of carboxylic acid groups (broad SMARTS) is 1. The first-order chi connectivity index (χ1) is 6.24. The van der Waals surface area contributed by atoms with Crippen LogP contribution in [0.2, 0.25) is 0 Å². The Morgan fingerprint density at radius 1 is 1.54 bits per heavy atom. The van der Waals surface area contributed by atoms with Gasteiger partial charge in [-0.25, -0.2) is 0 Å². The van der Waals surface area contributed by atoms with Crippen molar-refractivity contribution in [3.8, 4) is 0 Å². The van der Waals surface area contributed by atoms with Gasteiger partial charge in [-0.05, 0) is 37.8 Å². The molecule has 2 N–H and O–H groups in total. The highest BCUT2D eigenvalue weighted by Crippen LogP contribution is 2.25. The molecule has 0 aromatic heterocycles. The predicted octanol–water partition coefficient (Wildman–Crippen LogP) is 1.32. The molecule has 1 aliphatic heterocycles. The van der Waals surface area contributed by atoms with Gasteiger partial charge in [-0.3, -0.25) is 4.79 Å². The first-order valence-electron chi connectivity index (χ1n) is 4.72. The fraction of sp³-hybridized carbons (Fsp3) is 0.889. The van der Waals surface area contributed by atoms with E-state index >= 15 is 0 Å². The second kappa shape index (κ2) is 5.45. The minimum absolute atomic E-state index is 0.295. The lowest BCUT2D eigenvalue weighted by molar-refractivity contribution is -0.138. The zero-order valence-corrected chi connectivity index (χ0v) is 8.39. The SMILES string of the molecule is O=C(O)CC1CCNCC1CCCl. The Hall–Kier alpha value is -0.280. The Labute approximate surface area is 83.5 Å². The smallest absolute Gasteiger partial charge is 0.303 e. The summed E-state index contributed by atoms with van der Waals surface area (Å²) in [5.41, 5.74) is 0. The number of carboxylic acids is 1. The van der Waals surface area contributed by atoms with Crippen LogP contribution in [0.4, 0.5) is 0 Å². The average Bonchev–Trinajstić information content (AvgIpc) is 2.08. The quantitative estimate of drug-likeness (QED) is 0.681. The van der Waals surface area contributed by atoms with Crippen LogP contribution >= 0.6 is 11.6 Å². The number of halogens is 1. The maximum Gasteiger partial charge on any atom is 0.303 e. The molecule has 13 heavy (non-hydrogen) atoms. The van der Waals surface area contributed by atoms with Gasteiger partial charge < -0.3 is 10.4 Å². The predicted molar refractivity (Wildman–Crippen MR) is 52.1 cm³/mol. The first kappa shape index (κ1) is 10.8. The van der Waals surface area contributed by atoms with Gasteiger partial charge in [0.2, 0.25) is 0 Å². The van der Waals surface area contributed by atoms with Crippen LogP contribution in [-0.2, 0) is 4.79 Å². The lowest BCUT2D eigenvalue weighted by Crippen LogP contribution is -2.37. The molecule has 0 spiro atoms. The van der Waals surface area contributed by atoms with E-state index in [1.54, 1.807) is 0 Å². The summed E-state index contributed by atoms with van der Waals surface area (Å²) < 4.78 is 0. The zero-order valence-electron chi connectivity index (χ0n) is 7.63. The molecule has 1 heterocycles. The third-order valence-corrected chi connectivity index (χ3v) is 2.90. The molecule has 0 saturated carbocycles. The molecule has 0 radical (unpaired) electrons. The molecule has 76 valence electrons. The third-order valence-electron chi connectivity index (χ3n) is 2.68. The monoisotopic (exact) mass is 205 g/mol. The molecular weight excluding hydrogens is 190 g/mol. The van der Waals surface area contributed by atoms with Crippen LogP contribution in [0, 0.1) is 11.8 Å².